The van der Waals surface area contributed by atoms with Gasteiger partial charge in [0.25, 0.3) is 0 Å². The lowest BCUT2D eigenvalue weighted by Gasteiger charge is -2.07. The van der Waals surface area contributed by atoms with E-state index in [1.807, 2.05) is 0 Å². The molecule has 0 aliphatic rings. The zero-order chi connectivity index (χ0) is 12.4. The van der Waals surface area contributed by atoms with Gasteiger partial charge in [0.1, 0.15) is 18.1 Å². The second-order valence-electron chi connectivity index (χ2n) is 3.74. The monoisotopic (exact) mass is 231 g/mol. The quantitative estimate of drug-likeness (QED) is 0.858. The summed E-state index contributed by atoms with van der Waals surface area (Å²) >= 11 is 0. The first-order valence-corrected chi connectivity index (χ1v) is 5.13. The fourth-order valence-corrected chi connectivity index (χ4v) is 1.67. The first-order valence-electron chi connectivity index (χ1n) is 5.13. The molecule has 1 heterocycles. The van der Waals surface area contributed by atoms with E-state index >= 15 is 0 Å². The lowest BCUT2D eigenvalue weighted by Crippen LogP contribution is -2.22. The highest BCUT2D eigenvalue weighted by Gasteiger charge is 2.08. The minimum atomic E-state index is -1.20. The summed E-state index contributed by atoms with van der Waals surface area (Å²) < 4.78 is 5.39. The van der Waals surface area contributed by atoms with Crippen molar-refractivity contribution < 1.29 is 19.4 Å². The van der Waals surface area contributed by atoms with Gasteiger partial charge in [0.2, 0.25) is 0 Å². The van der Waals surface area contributed by atoms with Crippen LogP contribution in [0, 0.1) is 6.92 Å². The van der Waals surface area contributed by atoms with Gasteiger partial charge in [-0.2, -0.15) is 0 Å². The van der Waals surface area contributed by atoms with Gasteiger partial charge >= 0.3 is 0 Å². The summed E-state index contributed by atoms with van der Waals surface area (Å²) in [7, 11) is 0. The van der Waals surface area contributed by atoms with Crippen LogP contribution in [-0.2, 0) is 6.61 Å². The van der Waals surface area contributed by atoms with Crippen LogP contribution in [0.15, 0.2) is 34.7 Å². The van der Waals surface area contributed by atoms with Gasteiger partial charge < -0.3 is 19.4 Å². The third-order valence-electron chi connectivity index (χ3n) is 2.55. The maximum Gasteiger partial charge on any atom is 0.134 e. The Morgan fingerprint density at radius 1 is 1.35 bits per heavy atom. The molecule has 0 radical (unpaired) electrons. The van der Waals surface area contributed by atoms with Crippen LogP contribution in [0.5, 0.6) is 0 Å². The van der Waals surface area contributed by atoms with Crippen molar-refractivity contribution in [3.05, 3.63) is 47.2 Å². The average Bonchev–Trinajstić information content (AvgIpc) is 2.77. The topological polar surface area (TPSA) is 73.5 Å². The van der Waals surface area contributed by atoms with Crippen molar-refractivity contribution >= 4 is 5.97 Å². The summed E-state index contributed by atoms with van der Waals surface area (Å²) in [6, 6.07) is 8.10. The van der Waals surface area contributed by atoms with Gasteiger partial charge in [-0.05, 0) is 36.2 Å². The first kappa shape index (κ1) is 11.4. The smallest absolute Gasteiger partial charge is 0.134 e. The average molecular weight is 231 g/mol. The normalized spacial score (nSPS) is 10.5. The van der Waals surface area contributed by atoms with Crippen LogP contribution >= 0.6 is 0 Å². The SMILES string of the molecule is Cc1cc(C(=O)[O-])ccc1-c1ccc(CO)o1. The number of benzene rings is 1. The van der Waals surface area contributed by atoms with Crippen LogP contribution in [0.4, 0.5) is 0 Å². The molecule has 0 fully saturated rings. The number of carbonyl (C=O) groups excluding carboxylic acids is 1. The Morgan fingerprint density at radius 2 is 2.12 bits per heavy atom. The third kappa shape index (κ3) is 2.21. The van der Waals surface area contributed by atoms with Crippen molar-refractivity contribution in [2.24, 2.45) is 0 Å². The minimum absolute atomic E-state index is 0.139. The van der Waals surface area contributed by atoms with Crippen LogP contribution in [0.2, 0.25) is 0 Å². The Kier molecular flexibility index (Phi) is 2.97. The molecule has 0 atom stereocenters. The number of aromatic carboxylic acids is 1. The van der Waals surface area contributed by atoms with E-state index in [2.05, 4.69) is 0 Å². The van der Waals surface area contributed by atoms with Gasteiger partial charge in [-0.3, -0.25) is 0 Å². The lowest BCUT2D eigenvalue weighted by atomic mass is 10.0. The molecule has 0 saturated heterocycles. The number of hydrogen-bond acceptors (Lipinski definition) is 4. The number of rotatable bonds is 3. The van der Waals surface area contributed by atoms with E-state index in [1.165, 1.54) is 12.1 Å². The van der Waals surface area contributed by atoms with E-state index in [0.29, 0.717) is 11.5 Å². The summed E-state index contributed by atoms with van der Waals surface area (Å²) in [6.45, 7) is 1.64. The molecule has 0 aliphatic carbocycles. The Labute approximate surface area is 98.1 Å². The molecule has 2 aromatic rings. The number of hydrogen-bond donors (Lipinski definition) is 1. The van der Waals surface area contributed by atoms with Gasteiger partial charge in [-0.25, -0.2) is 0 Å². The summed E-state index contributed by atoms with van der Waals surface area (Å²) in [5.41, 5.74) is 1.72. The summed E-state index contributed by atoms with van der Waals surface area (Å²) in [6.07, 6.45) is 0. The molecule has 1 N–H and O–H groups in total. The first-order chi connectivity index (χ1) is 8.11. The van der Waals surface area contributed by atoms with Gasteiger partial charge in [0, 0.05) is 5.56 Å². The largest absolute Gasteiger partial charge is 0.545 e. The van der Waals surface area contributed by atoms with E-state index in [-0.39, 0.29) is 12.2 Å². The Morgan fingerprint density at radius 3 is 2.65 bits per heavy atom. The Hall–Kier alpha value is -2.07. The molecule has 1 aromatic heterocycles. The molecular weight excluding hydrogens is 220 g/mol. The number of furan rings is 1. The molecule has 0 amide bonds. The second-order valence-corrected chi connectivity index (χ2v) is 3.74. The van der Waals surface area contributed by atoms with Crippen molar-refractivity contribution in [1.82, 2.24) is 0 Å². The third-order valence-corrected chi connectivity index (χ3v) is 2.55. The van der Waals surface area contributed by atoms with Gasteiger partial charge in [-0.1, -0.05) is 12.1 Å². The second kappa shape index (κ2) is 4.43. The van der Waals surface area contributed by atoms with Crippen LogP contribution in [0.3, 0.4) is 0 Å². The molecule has 0 aliphatic heterocycles. The van der Waals surface area contributed by atoms with Crippen LogP contribution in [0.1, 0.15) is 21.7 Å². The summed E-state index contributed by atoms with van der Waals surface area (Å²) in [4.78, 5) is 10.7. The predicted molar refractivity (Wildman–Crippen MR) is 59.1 cm³/mol. The fourth-order valence-electron chi connectivity index (χ4n) is 1.67. The zero-order valence-electron chi connectivity index (χ0n) is 9.27. The van der Waals surface area contributed by atoms with E-state index in [1.54, 1.807) is 25.1 Å². The van der Waals surface area contributed by atoms with E-state index in [0.717, 1.165) is 11.1 Å². The van der Waals surface area contributed by atoms with Crippen LogP contribution in [0.25, 0.3) is 11.3 Å². The van der Waals surface area contributed by atoms with Crippen molar-refractivity contribution in [2.45, 2.75) is 13.5 Å². The highest BCUT2D eigenvalue weighted by molar-refractivity contribution is 5.87. The molecule has 0 spiro atoms. The number of carbonyl (C=O) groups is 1. The summed E-state index contributed by atoms with van der Waals surface area (Å²) in [5.74, 6) is -0.116. The van der Waals surface area contributed by atoms with E-state index < -0.39 is 5.97 Å². The molecule has 17 heavy (non-hydrogen) atoms. The molecule has 0 bridgehead atoms. The number of aliphatic hydroxyl groups is 1. The van der Waals surface area contributed by atoms with Gasteiger partial charge in [-0.15, -0.1) is 0 Å². The highest BCUT2D eigenvalue weighted by Crippen LogP contribution is 2.26. The lowest BCUT2D eigenvalue weighted by molar-refractivity contribution is -0.255. The van der Waals surface area contributed by atoms with E-state index in [9.17, 15) is 9.90 Å². The molecule has 2 rings (SSSR count). The maximum absolute atomic E-state index is 10.7. The van der Waals surface area contributed by atoms with Gasteiger partial charge in [0.05, 0.1) is 5.97 Å². The minimum Gasteiger partial charge on any atom is -0.545 e. The van der Waals surface area contributed by atoms with Crippen molar-refractivity contribution in [2.75, 3.05) is 0 Å². The van der Waals surface area contributed by atoms with E-state index in [4.69, 9.17) is 9.52 Å². The van der Waals surface area contributed by atoms with Crippen molar-refractivity contribution in [3.8, 4) is 11.3 Å². The zero-order valence-corrected chi connectivity index (χ0v) is 9.27. The Bertz CT molecular complexity index is 554. The highest BCUT2D eigenvalue weighted by atomic mass is 16.4. The van der Waals surface area contributed by atoms with Crippen molar-refractivity contribution in [3.63, 3.8) is 0 Å². The molecule has 88 valence electrons. The van der Waals surface area contributed by atoms with Crippen LogP contribution in [-0.4, -0.2) is 11.1 Å². The molecule has 0 unspecified atom stereocenters. The molecular formula is C13H11O4-. The van der Waals surface area contributed by atoms with Crippen molar-refractivity contribution in [1.29, 1.82) is 0 Å². The number of carboxylic acid groups (broad SMARTS) is 1. The standard InChI is InChI=1S/C13H12O4/c1-8-6-9(13(15)16)2-4-11(8)12-5-3-10(7-14)17-12/h2-6,14H,7H2,1H3,(H,15,16)/p-1. The maximum atomic E-state index is 10.7. The summed E-state index contributed by atoms with van der Waals surface area (Å²) in [5, 5.41) is 19.6. The number of aliphatic hydroxyl groups excluding tert-OH is 1. The number of aryl methyl sites for hydroxylation is 1. The van der Waals surface area contributed by atoms with Crippen LogP contribution < -0.4 is 5.11 Å². The fraction of sp³-hybridized carbons (Fsp3) is 0.154. The number of carboxylic acids is 1. The molecule has 1 aromatic carbocycles. The van der Waals surface area contributed by atoms with Gasteiger partial charge in [0.15, 0.2) is 0 Å². The molecule has 0 saturated carbocycles. The molecule has 4 heteroatoms. The molecule has 4 nitrogen and oxygen atoms in total. The Balaban J connectivity index is 2.42. The predicted octanol–water partition coefficient (Wildman–Crippen LogP) is 1.11.